The van der Waals surface area contributed by atoms with Crippen LogP contribution in [0.3, 0.4) is 0 Å². The zero-order valence-electron chi connectivity index (χ0n) is 10.9. The lowest BCUT2D eigenvalue weighted by atomic mass is 10.0. The fourth-order valence-electron chi connectivity index (χ4n) is 2.83. The van der Waals surface area contributed by atoms with Gasteiger partial charge in [0.05, 0.1) is 11.1 Å². The first-order valence-electron chi connectivity index (χ1n) is 6.73. The molecule has 0 spiro atoms. The van der Waals surface area contributed by atoms with Crippen molar-refractivity contribution in [2.45, 2.75) is 6.42 Å². The van der Waals surface area contributed by atoms with Crippen molar-refractivity contribution >= 4 is 11.3 Å². The Balaban J connectivity index is 1.81. The number of rotatable bonds is 1. The van der Waals surface area contributed by atoms with Crippen LogP contribution in [0.2, 0.25) is 0 Å². The third kappa shape index (κ3) is 1.74. The molecular formula is C17H13FN2. The number of nitrogens with zero attached hydrogens (tertiary/aromatic N) is 2. The largest absolute Gasteiger partial charge is 0.345 e. The number of halogens is 1. The van der Waals surface area contributed by atoms with Crippen LogP contribution in [0.5, 0.6) is 0 Å². The lowest BCUT2D eigenvalue weighted by Crippen LogP contribution is -2.26. The Hall–Kier alpha value is -2.42. The van der Waals surface area contributed by atoms with E-state index in [0.29, 0.717) is 0 Å². The third-order valence-electron chi connectivity index (χ3n) is 3.80. The summed E-state index contributed by atoms with van der Waals surface area (Å²) in [6, 6.07) is 14.9. The molecular weight excluding hydrogens is 251 g/mol. The standard InChI is InChI=1S/C17H13FN2/c18-12-4-3-5-13(10-12)20-9-8-15-14-6-1-2-7-16(14)19-17(15)11-20/h1-7,10-11H,8-9H2. The predicted molar refractivity (Wildman–Crippen MR) is 77.1 cm³/mol. The van der Waals surface area contributed by atoms with Gasteiger partial charge in [0.1, 0.15) is 5.82 Å². The molecule has 20 heavy (non-hydrogen) atoms. The van der Waals surface area contributed by atoms with Crippen molar-refractivity contribution in [2.24, 2.45) is 4.99 Å². The van der Waals surface area contributed by atoms with Gasteiger partial charge >= 0.3 is 0 Å². The quantitative estimate of drug-likeness (QED) is 0.772. The molecule has 0 unspecified atom stereocenters. The van der Waals surface area contributed by atoms with Crippen LogP contribution < -0.4 is 15.5 Å². The van der Waals surface area contributed by atoms with Crippen molar-refractivity contribution in [1.82, 2.24) is 0 Å². The molecule has 0 aromatic heterocycles. The average Bonchev–Trinajstić information content (AvgIpc) is 2.85. The van der Waals surface area contributed by atoms with E-state index in [1.165, 1.54) is 16.9 Å². The highest BCUT2D eigenvalue weighted by atomic mass is 19.1. The summed E-state index contributed by atoms with van der Waals surface area (Å²) in [6.45, 7) is 0.853. The fraction of sp³-hybridized carbons (Fsp3) is 0.118. The van der Waals surface area contributed by atoms with Crippen LogP contribution in [0.25, 0.3) is 5.57 Å². The van der Waals surface area contributed by atoms with Gasteiger partial charge in [-0.1, -0.05) is 24.3 Å². The molecule has 0 amide bonds. The van der Waals surface area contributed by atoms with Crippen LogP contribution in [-0.2, 0) is 0 Å². The van der Waals surface area contributed by atoms with Crippen LogP contribution in [0, 0.1) is 5.82 Å². The van der Waals surface area contributed by atoms with Crippen LogP contribution >= 0.6 is 0 Å². The van der Waals surface area contributed by atoms with Gasteiger partial charge in [-0.3, -0.25) is 0 Å². The number of fused-ring (bicyclic) bond motifs is 2. The van der Waals surface area contributed by atoms with Crippen molar-refractivity contribution in [3.63, 3.8) is 0 Å². The summed E-state index contributed by atoms with van der Waals surface area (Å²) in [7, 11) is 0. The zero-order chi connectivity index (χ0) is 13.5. The normalized spacial score (nSPS) is 16.4. The maximum atomic E-state index is 13.3. The van der Waals surface area contributed by atoms with Gasteiger partial charge in [0.2, 0.25) is 0 Å². The number of hydrogen-bond acceptors (Lipinski definition) is 2. The Morgan fingerprint density at radius 1 is 1.05 bits per heavy atom. The van der Waals surface area contributed by atoms with Crippen molar-refractivity contribution in [2.75, 3.05) is 11.4 Å². The molecule has 0 N–H and O–H groups in total. The first-order valence-corrected chi connectivity index (χ1v) is 6.73. The maximum Gasteiger partial charge on any atom is 0.125 e. The molecule has 98 valence electrons. The highest BCUT2D eigenvalue weighted by Gasteiger charge is 2.20. The van der Waals surface area contributed by atoms with E-state index in [0.717, 1.165) is 29.7 Å². The fourth-order valence-corrected chi connectivity index (χ4v) is 2.83. The molecule has 0 saturated carbocycles. The van der Waals surface area contributed by atoms with Crippen molar-refractivity contribution in [3.05, 3.63) is 76.8 Å². The summed E-state index contributed by atoms with van der Waals surface area (Å²) in [5, 5.41) is 2.27. The predicted octanol–water partition coefficient (Wildman–Crippen LogP) is 2.36. The molecule has 2 aliphatic heterocycles. The van der Waals surface area contributed by atoms with Gasteiger partial charge < -0.3 is 4.90 Å². The van der Waals surface area contributed by atoms with Gasteiger partial charge in [0, 0.05) is 23.7 Å². The Kier molecular flexibility index (Phi) is 2.46. The molecule has 0 aliphatic carbocycles. The molecule has 3 heteroatoms. The molecule has 0 bridgehead atoms. The van der Waals surface area contributed by atoms with Crippen LogP contribution in [-0.4, -0.2) is 6.54 Å². The zero-order valence-corrected chi connectivity index (χ0v) is 10.9. The Morgan fingerprint density at radius 3 is 2.85 bits per heavy atom. The monoisotopic (exact) mass is 264 g/mol. The summed E-state index contributed by atoms with van der Waals surface area (Å²) in [5.74, 6) is -0.206. The average molecular weight is 264 g/mol. The van der Waals surface area contributed by atoms with Crippen LogP contribution in [0.15, 0.2) is 65.4 Å². The van der Waals surface area contributed by atoms with E-state index in [4.69, 9.17) is 0 Å². The van der Waals surface area contributed by atoms with Gasteiger partial charge in [-0.15, -0.1) is 0 Å². The first-order chi connectivity index (χ1) is 9.81. The van der Waals surface area contributed by atoms with E-state index >= 15 is 0 Å². The van der Waals surface area contributed by atoms with E-state index in [9.17, 15) is 4.39 Å². The van der Waals surface area contributed by atoms with Crippen LogP contribution in [0.4, 0.5) is 10.1 Å². The molecule has 0 atom stereocenters. The molecule has 2 aromatic carbocycles. The molecule has 0 fully saturated rings. The van der Waals surface area contributed by atoms with Gasteiger partial charge in [-0.25, -0.2) is 9.38 Å². The van der Waals surface area contributed by atoms with E-state index in [1.807, 2.05) is 30.5 Å². The molecule has 0 radical (unpaired) electrons. The molecule has 2 heterocycles. The minimum absolute atomic E-state index is 0.206. The summed E-state index contributed by atoms with van der Waals surface area (Å²) in [5.41, 5.74) is 3.18. The number of anilines is 1. The minimum Gasteiger partial charge on any atom is -0.345 e. The van der Waals surface area contributed by atoms with Gasteiger partial charge in [-0.2, -0.15) is 0 Å². The lowest BCUT2D eigenvalue weighted by molar-refractivity contribution is 0.627. The number of hydrogen-bond donors (Lipinski definition) is 0. The van der Waals surface area contributed by atoms with E-state index in [2.05, 4.69) is 16.0 Å². The second kappa shape index (κ2) is 4.30. The highest BCUT2D eigenvalue weighted by molar-refractivity contribution is 5.70. The molecule has 0 saturated heterocycles. The number of para-hydroxylation sites is 1. The van der Waals surface area contributed by atoms with Crippen molar-refractivity contribution in [3.8, 4) is 0 Å². The molecule has 2 nitrogen and oxygen atoms in total. The van der Waals surface area contributed by atoms with Crippen molar-refractivity contribution in [1.29, 1.82) is 0 Å². The maximum absolute atomic E-state index is 13.3. The minimum atomic E-state index is -0.206. The Bertz CT molecular complexity index is 836. The Morgan fingerprint density at radius 2 is 1.95 bits per heavy atom. The van der Waals surface area contributed by atoms with Gasteiger partial charge in [0.25, 0.3) is 0 Å². The third-order valence-corrected chi connectivity index (χ3v) is 3.80. The summed E-state index contributed by atoms with van der Waals surface area (Å²) in [4.78, 5) is 6.73. The summed E-state index contributed by atoms with van der Waals surface area (Å²) >= 11 is 0. The summed E-state index contributed by atoms with van der Waals surface area (Å²) in [6.07, 6.45) is 2.95. The molecule has 2 aromatic rings. The van der Waals surface area contributed by atoms with Gasteiger partial charge in [0.15, 0.2) is 0 Å². The second-order valence-corrected chi connectivity index (χ2v) is 5.05. The van der Waals surface area contributed by atoms with Crippen LogP contribution in [0.1, 0.15) is 6.42 Å². The lowest BCUT2D eigenvalue weighted by Gasteiger charge is -2.26. The topological polar surface area (TPSA) is 15.6 Å². The van der Waals surface area contributed by atoms with Gasteiger partial charge in [-0.05, 0) is 36.3 Å². The molecule has 4 rings (SSSR count). The smallest absolute Gasteiger partial charge is 0.125 e. The first kappa shape index (κ1) is 11.4. The Labute approximate surface area is 116 Å². The second-order valence-electron chi connectivity index (χ2n) is 5.05. The van der Waals surface area contributed by atoms with E-state index < -0.39 is 0 Å². The highest BCUT2D eigenvalue weighted by Crippen LogP contribution is 2.27. The number of benzene rings is 2. The van der Waals surface area contributed by atoms with E-state index in [1.54, 1.807) is 12.1 Å². The van der Waals surface area contributed by atoms with Crippen molar-refractivity contribution < 1.29 is 4.39 Å². The molecule has 2 aliphatic rings. The summed E-state index contributed by atoms with van der Waals surface area (Å²) < 4.78 is 13.3. The number of allylic oxidation sites excluding steroid dienone is 1. The SMILES string of the molecule is Fc1cccc(N2C=C3N=c4ccccc4=C3CC2)c1. The van der Waals surface area contributed by atoms with E-state index in [-0.39, 0.29) is 5.82 Å².